The minimum atomic E-state index is -0.500. The first-order chi connectivity index (χ1) is 7.74. The number of carbonyl (C=O) groups excluding carboxylic acids is 2. The number of anilines is 1. The smallest absolute Gasteiger partial charge is 0.328 e. The molecule has 5 nitrogen and oxygen atoms in total. The molecular weight excluding hydrogens is 208 g/mol. The fraction of sp³-hybridized carbons (Fsp3) is 0.364. The molecule has 0 aromatic carbocycles. The molecule has 0 saturated carbocycles. The number of hydrogen-bond donors (Lipinski definition) is 0. The summed E-state index contributed by atoms with van der Waals surface area (Å²) in [5.74, 6) is -0.427. The molecular formula is C11H12N2O3. The molecule has 5 heteroatoms. The van der Waals surface area contributed by atoms with Crippen LogP contribution in [0.2, 0.25) is 0 Å². The van der Waals surface area contributed by atoms with Crippen LogP contribution in [0.1, 0.15) is 12.8 Å². The standard InChI is InChI=1S/C11H12N2O3/c1-16-11(15)9-2-3-10(14)13(9)8-4-6-12-7-5-8/h4-7,9H,2-3H2,1H3/t9-/m0/s1. The third kappa shape index (κ3) is 1.76. The molecule has 0 N–H and O–H groups in total. The average Bonchev–Trinajstić information content (AvgIpc) is 2.71. The maximum atomic E-state index is 11.7. The Balaban J connectivity index is 2.30. The number of pyridine rings is 1. The summed E-state index contributed by atoms with van der Waals surface area (Å²) in [7, 11) is 1.33. The number of nitrogens with zero attached hydrogens (tertiary/aromatic N) is 2. The predicted octanol–water partition coefficient (Wildman–Crippen LogP) is 0.750. The van der Waals surface area contributed by atoms with Crippen LogP contribution in [0, 0.1) is 0 Å². The van der Waals surface area contributed by atoms with Gasteiger partial charge in [0.2, 0.25) is 5.91 Å². The first-order valence-corrected chi connectivity index (χ1v) is 5.04. The highest BCUT2D eigenvalue weighted by molar-refractivity contribution is 6.02. The Labute approximate surface area is 93.0 Å². The Morgan fingerprint density at radius 1 is 1.50 bits per heavy atom. The first kappa shape index (κ1) is 10.6. The van der Waals surface area contributed by atoms with E-state index in [1.165, 1.54) is 12.0 Å². The Kier molecular flexibility index (Phi) is 2.85. The van der Waals surface area contributed by atoms with Gasteiger partial charge < -0.3 is 4.74 Å². The summed E-state index contributed by atoms with van der Waals surface area (Å²) in [6.07, 6.45) is 4.07. The van der Waals surface area contributed by atoms with Crippen LogP contribution >= 0.6 is 0 Å². The molecule has 0 aliphatic carbocycles. The van der Waals surface area contributed by atoms with E-state index in [0.717, 1.165) is 0 Å². The van der Waals surface area contributed by atoms with E-state index >= 15 is 0 Å². The minimum absolute atomic E-state index is 0.0541. The summed E-state index contributed by atoms with van der Waals surface area (Å²) in [6.45, 7) is 0. The SMILES string of the molecule is COC(=O)[C@@H]1CCC(=O)N1c1ccncc1. The number of esters is 1. The summed E-state index contributed by atoms with van der Waals surface area (Å²) in [5, 5.41) is 0. The van der Waals surface area contributed by atoms with Crippen molar-refractivity contribution >= 4 is 17.6 Å². The van der Waals surface area contributed by atoms with Gasteiger partial charge in [-0.2, -0.15) is 0 Å². The van der Waals surface area contributed by atoms with E-state index in [9.17, 15) is 9.59 Å². The lowest BCUT2D eigenvalue weighted by Crippen LogP contribution is -2.39. The van der Waals surface area contributed by atoms with Crippen LogP contribution in [0.5, 0.6) is 0 Å². The molecule has 0 spiro atoms. The largest absolute Gasteiger partial charge is 0.467 e. The molecule has 0 radical (unpaired) electrons. The Morgan fingerprint density at radius 3 is 2.81 bits per heavy atom. The lowest BCUT2D eigenvalue weighted by molar-refractivity contribution is -0.142. The van der Waals surface area contributed by atoms with Crippen molar-refractivity contribution in [3.8, 4) is 0 Å². The van der Waals surface area contributed by atoms with Crippen molar-refractivity contribution in [3.63, 3.8) is 0 Å². The van der Waals surface area contributed by atoms with E-state index in [-0.39, 0.29) is 11.9 Å². The molecule has 2 heterocycles. The van der Waals surface area contributed by atoms with Crippen molar-refractivity contribution in [2.45, 2.75) is 18.9 Å². The molecule has 84 valence electrons. The van der Waals surface area contributed by atoms with Crippen LogP contribution in [-0.2, 0) is 14.3 Å². The van der Waals surface area contributed by atoms with Crippen molar-refractivity contribution in [2.24, 2.45) is 0 Å². The molecule has 1 aliphatic rings. The number of hydrogen-bond acceptors (Lipinski definition) is 4. The van der Waals surface area contributed by atoms with Crippen molar-refractivity contribution in [3.05, 3.63) is 24.5 Å². The third-order valence-electron chi connectivity index (χ3n) is 2.63. The van der Waals surface area contributed by atoms with Gasteiger partial charge in [0.1, 0.15) is 6.04 Å². The van der Waals surface area contributed by atoms with Gasteiger partial charge in [-0.25, -0.2) is 4.79 Å². The van der Waals surface area contributed by atoms with Crippen molar-refractivity contribution < 1.29 is 14.3 Å². The van der Waals surface area contributed by atoms with Crippen LogP contribution in [0.4, 0.5) is 5.69 Å². The monoisotopic (exact) mass is 220 g/mol. The van der Waals surface area contributed by atoms with E-state index < -0.39 is 6.04 Å². The molecule has 1 aromatic rings. The molecule has 1 atom stereocenters. The lowest BCUT2D eigenvalue weighted by Gasteiger charge is -2.22. The molecule has 1 aromatic heterocycles. The van der Waals surface area contributed by atoms with Crippen LogP contribution in [0.15, 0.2) is 24.5 Å². The summed E-state index contributed by atoms with van der Waals surface area (Å²) in [5.41, 5.74) is 0.688. The van der Waals surface area contributed by atoms with Gasteiger partial charge in [0.05, 0.1) is 7.11 Å². The quantitative estimate of drug-likeness (QED) is 0.690. The number of rotatable bonds is 2. The number of ether oxygens (including phenoxy) is 1. The summed E-state index contributed by atoms with van der Waals surface area (Å²) in [6, 6.07) is 2.91. The average molecular weight is 220 g/mol. The molecule has 1 aliphatic heterocycles. The summed E-state index contributed by atoms with van der Waals surface area (Å²) >= 11 is 0. The maximum absolute atomic E-state index is 11.7. The van der Waals surface area contributed by atoms with E-state index in [1.54, 1.807) is 24.5 Å². The molecule has 2 rings (SSSR count). The number of methoxy groups -OCH3 is 1. The van der Waals surface area contributed by atoms with Gasteiger partial charge in [0.15, 0.2) is 0 Å². The second-order valence-electron chi connectivity index (χ2n) is 3.55. The highest BCUT2D eigenvalue weighted by Gasteiger charge is 2.37. The van der Waals surface area contributed by atoms with E-state index in [2.05, 4.69) is 9.72 Å². The highest BCUT2D eigenvalue weighted by Crippen LogP contribution is 2.26. The Hall–Kier alpha value is -1.91. The second-order valence-corrected chi connectivity index (χ2v) is 3.55. The predicted molar refractivity (Wildman–Crippen MR) is 56.8 cm³/mol. The van der Waals surface area contributed by atoms with E-state index in [0.29, 0.717) is 18.5 Å². The van der Waals surface area contributed by atoms with Gasteiger partial charge in [-0.05, 0) is 18.6 Å². The zero-order valence-corrected chi connectivity index (χ0v) is 8.92. The number of amides is 1. The fourth-order valence-corrected chi connectivity index (χ4v) is 1.87. The van der Waals surface area contributed by atoms with Gasteiger partial charge in [0, 0.05) is 24.5 Å². The normalized spacial score (nSPS) is 19.9. The summed E-state index contributed by atoms with van der Waals surface area (Å²) in [4.78, 5) is 28.6. The first-order valence-electron chi connectivity index (χ1n) is 5.04. The van der Waals surface area contributed by atoms with Gasteiger partial charge in [0.25, 0.3) is 0 Å². The third-order valence-corrected chi connectivity index (χ3v) is 2.63. The van der Waals surface area contributed by atoms with Gasteiger partial charge in [-0.3, -0.25) is 14.7 Å². The van der Waals surface area contributed by atoms with E-state index in [1.807, 2.05) is 0 Å². The highest BCUT2D eigenvalue weighted by atomic mass is 16.5. The molecule has 1 fully saturated rings. The number of carbonyl (C=O) groups is 2. The van der Waals surface area contributed by atoms with Crippen LogP contribution < -0.4 is 4.90 Å². The topological polar surface area (TPSA) is 59.5 Å². The van der Waals surface area contributed by atoms with Crippen LogP contribution in [0.3, 0.4) is 0 Å². The second kappa shape index (κ2) is 4.30. The van der Waals surface area contributed by atoms with Gasteiger partial charge >= 0.3 is 5.97 Å². The number of aromatic nitrogens is 1. The fourth-order valence-electron chi connectivity index (χ4n) is 1.87. The maximum Gasteiger partial charge on any atom is 0.328 e. The lowest BCUT2D eigenvalue weighted by atomic mass is 10.2. The van der Waals surface area contributed by atoms with Gasteiger partial charge in [-0.15, -0.1) is 0 Å². The Bertz CT molecular complexity index is 405. The van der Waals surface area contributed by atoms with Crippen LogP contribution in [-0.4, -0.2) is 30.0 Å². The van der Waals surface area contributed by atoms with E-state index in [4.69, 9.17) is 0 Å². The molecule has 0 unspecified atom stereocenters. The Morgan fingerprint density at radius 2 is 2.19 bits per heavy atom. The van der Waals surface area contributed by atoms with Crippen molar-refractivity contribution in [1.29, 1.82) is 0 Å². The molecule has 0 bridgehead atoms. The molecule has 1 saturated heterocycles. The van der Waals surface area contributed by atoms with Crippen molar-refractivity contribution in [1.82, 2.24) is 4.98 Å². The zero-order chi connectivity index (χ0) is 11.5. The molecule has 1 amide bonds. The zero-order valence-electron chi connectivity index (χ0n) is 8.92. The van der Waals surface area contributed by atoms with Crippen molar-refractivity contribution in [2.75, 3.05) is 12.0 Å². The van der Waals surface area contributed by atoms with Gasteiger partial charge in [-0.1, -0.05) is 0 Å². The molecule has 16 heavy (non-hydrogen) atoms. The van der Waals surface area contributed by atoms with Crippen LogP contribution in [0.25, 0.3) is 0 Å². The minimum Gasteiger partial charge on any atom is -0.467 e. The summed E-state index contributed by atoms with van der Waals surface area (Å²) < 4.78 is 4.69.